The van der Waals surface area contributed by atoms with Gasteiger partial charge in [-0.05, 0) is 30.7 Å². The third kappa shape index (κ3) is 4.09. The zero-order valence-electron chi connectivity index (χ0n) is 12.8. The predicted octanol–water partition coefficient (Wildman–Crippen LogP) is 4.37. The first kappa shape index (κ1) is 17.4. The molecule has 122 valence electrons. The first-order valence-corrected chi connectivity index (χ1v) is 7.83. The standard InChI is InChI=1S/C17H17Cl2NO3/c1-3-23-15-9-12(8-14(19)16(15)21)17(22)20(2)10-11-6-4-5-7-13(11)18/h4-9,21H,3,10H2,1-2H3. The predicted molar refractivity (Wildman–Crippen MR) is 91.5 cm³/mol. The van der Waals surface area contributed by atoms with Crippen molar-refractivity contribution in [1.29, 1.82) is 0 Å². The molecule has 23 heavy (non-hydrogen) atoms. The third-order valence-corrected chi connectivity index (χ3v) is 3.94. The minimum Gasteiger partial charge on any atom is -0.503 e. The van der Waals surface area contributed by atoms with Crippen molar-refractivity contribution >= 4 is 29.1 Å². The molecule has 0 heterocycles. The van der Waals surface area contributed by atoms with Gasteiger partial charge in [-0.1, -0.05) is 41.4 Å². The lowest BCUT2D eigenvalue weighted by Gasteiger charge is -2.19. The number of ether oxygens (including phenoxy) is 1. The number of phenols is 1. The molecule has 0 spiro atoms. The van der Waals surface area contributed by atoms with Crippen molar-refractivity contribution in [2.45, 2.75) is 13.5 Å². The molecule has 0 atom stereocenters. The largest absolute Gasteiger partial charge is 0.503 e. The van der Waals surface area contributed by atoms with E-state index in [9.17, 15) is 9.90 Å². The average Bonchev–Trinajstić information content (AvgIpc) is 2.53. The Balaban J connectivity index is 2.24. The number of amides is 1. The van der Waals surface area contributed by atoms with Crippen LogP contribution >= 0.6 is 23.2 Å². The fourth-order valence-electron chi connectivity index (χ4n) is 2.14. The number of phenolic OH excluding ortho intramolecular Hbond substituents is 1. The summed E-state index contributed by atoms with van der Waals surface area (Å²) in [6.07, 6.45) is 0. The second kappa shape index (κ2) is 7.57. The number of rotatable bonds is 5. The van der Waals surface area contributed by atoms with Crippen LogP contribution in [0.15, 0.2) is 36.4 Å². The van der Waals surface area contributed by atoms with Gasteiger partial charge in [0.05, 0.1) is 11.6 Å². The monoisotopic (exact) mass is 353 g/mol. The van der Waals surface area contributed by atoms with Crippen molar-refractivity contribution in [3.8, 4) is 11.5 Å². The van der Waals surface area contributed by atoms with Gasteiger partial charge in [0.1, 0.15) is 0 Å². The molecule has 0 bridgehead atoms. The van der Waals surface area contributed by atoms with E-state index in [1.807, 2.05) is 18.2 Å². The molecular weight excluding hydrogens is 337 g/mol. The number of nitrogens with zero attached hydrogens (tertiary/aromatic N) is 1. The molecule has 2 rings (SSSR count). The molecule has 0 aromatic heterocycles. The first-order chi connectivity index (χ1) is 10.9. The van der Waals surface area contributed by atoms with Crippen LogP contribution in [0.4, 0.5) is 0 Å². The molecule has 2 aromatic carbocycles. The summed E-state index contributed by atoms with van der Waals surface area (Å²) in [5.74, 6) is -0.221. The molecule has 0 radical (unpaired) electrons. The molecule has 1 N–H and O–H groups in total. The van der Waals surface area contributed by atoms with Crippen LogP contribution in [0.25, 0.3) is 0 Å². The van der Waals surface area contributed by atoms with Gasteiger partial charge >= 0.3 is 0 Å². The topological polar surface area (TPSA) is 49.8 Å². The van der Waals surface area contributed by atoms with Crippen molar-refractivity contribution in [3.63, 3.8) is 0 Å². The van der Waals surface area contributed by atoms with Crippen molar-refractivity contribution < 1.29 is 14.6 Å². The van der Waals surface area contributed by atoms with Gasteiger partial charge in [-0.25, -0.2) is 0 Å². The summed E-state index contributed by atoms with van der Waals surface area (Å²) >= 11 is 12.1. The number of halogens is 2. The SMILES string of the molecule is CCOc1cc(C(=O)N(C)Cc2ccccc2Cl)cc(Cl)c1O. The Labute approximate surface area is 145 Å². The van der Waals surface area contributed by atoms with Gasteiger partial charge in [0.2, 0.25) is 0 Å². The van der Waals surface area contributed by atoms with Crippen molar-refractivity contribution in [3.05, 3.63) is 57.6 Å². The highest BCUT2D eigenvalue weighted by Crippen LogP contribution is 2.35. The fraction of sp³-hybridized carbons (Fsp3) is 0.235. The van der Waals surface area contributed by atoms with Crippen LogP contribution in [-0.4, -0.2) is 29.6 Å². The van der Waals surface area contributed by atoms with E-state index >= 15 is 0 Å². The Kier molecular flexibility index (Phi) is 5.74. The summed E-state index contributed by atoms with van der Waals surface area (Å²) in [7, 11) is 1.67. The number of aromatic hydroxyl groups is 1. The molecule has 0 saturated heterocycles. The maximum atomic E-state index is 12.6. The van der Waals surface area contributed by atoms with E-state index in [0.717, 1.165) is 5.56 Å². The smallest absolute Gasteiger partial charge is 0.254 e. The summed E-state index contributed by atoms with van der Waals surface area (Å²) in [5, 5.41) is 10.5. The van der Waals surface area contributed by atoms with Gasteiger partial charge < -0.3 is 14.7 Å². The molecule has 1 amide bonds. The fourth-order valence-corrected chi connectivity index (χ4v) is 2.54. The normalized spacial score (nSPS) is 10.4. The molecule has 2 aromatic rings. The summed E-state index contributed by atoms with van der Waals surface area (Å²) in [6.45, 7) is 2.50. The lowest BCUT2D eigenvalue weighted by atomic mass is 10.1. The Morgan fingerprint density at radius 3 is 2.57 bits per heavy atom. The summed E-state index contributed by atoms with van der Waals surface area (Å²) in [6, 6.07) is 10.2. The quantitative estimate of drug-likeness (QED) is 0.868. The van der Waals surface area contributed by atoms with E-state index in [2.05, 4.69) is 0 Å². The molecule has 6 heteroatoms. The van der Waals surface area contributed by atoms with Crippen LogP contribution in [0.5, 0.6) is 11.5 Å². The van der Waals surface area contributed by atoms with Crippen molar-refractivity contribution in [2.75, 3.05) is 13.7 Å². The highest BCUT2D eigenvalue weighted by atomic mass is 35.5. The van der Waals surface area contributed by atoms with Gasteiger partial charge in [0.15, 0.2) is 11.5 Å². The summed E-state index contributed by atoms with van der Waals surface area (Å²) in [4.78, 5) is 14.1. The Morgan fingerprint density at radius 1 is 1.22 bits per heavy atom. The lowest BCUT2D eigenvalue weighted by molar-refractivity contribution is 0.0784. The van der Waals surface area contributed by atoms with Crippen LogP contribution in [0.1, 0.15) is 22.8 Å². The zero-order chi connectivity index (χ0) is 17.0. The third-order valence-electron chi connectivity index (χ3n) is 3.29. The lowest BCUT2D eigenvalue weighted by Crippen LogP contribution is -2.26. The van der Waals surface area contributed by atoms with Crippen LogP contribution in [0.2, 0.25) is 10.0 Å². The zero-order valence-corrected chi connectivity index (χ0v) is 14.4. The number of hydrogen-bond acceptors (Lipinski definition) is 3. The minimum absolute atomic E-state index is 0.0745. The summed E-state index contributed by atoms with van der Waals surface area (Å²) < 4.78 is 5.30. The maximum absolute atomic E-state index is 12.6. The molecule has 4 nitrogen and oxygen atoms in total. The molecule has 0 unspecified atom stereocenters. The second-order valence-corrected chi connectivity index (χ2v) is 5.80. The Bertz CT molecular complexity index is 719. The minimum atomic E-state index is -0.243. The summed E-state index contributed by atoms with van der Waals surface area (Å²) in [5.41, 5.74) is 1.19. The second-order valence-electron chi connectivity index (χ2n) is 4.99. The van der Waals surface area contributed by atoms with E-state index in [1.54, 1.807) is 20.0 Å². The van der Waals surface area contributed by atoms with E-state index in [-0.39, 0.29) is 22.4 Å². The van der Waals surface area contributed by atoms with E-state index < -0.39 is 0 Å². The van der Waals surface area contributed by atoms with Crippen LogP contribution in [0, 0.1) is 0 Å². The number of hydrogen-bond donors (Lipinski definition) is 1. The first-order valence-electron chi connectivity index (χ1n) is 7.08. The van der Waals surface area contributed by atoms with Gasteiger partial charge in [-0.15, -0.1) is 0 Å². The Morgan fingerprint density at radius 2 is 1.91 bits per heavy atom. The number of carbonyl (C=O) groups is 1. The molecule has 0 saturated carbocycles. The highest BCUT2D eigenvalue weighted by molar-refractivity contribution is 6.32. The molecule has 0 aliphatic rings. The highest BCUT2D eigenvalue weighted by Gasteiger charge is 2.18. The van der Waals surface area contributed by atoms with E-state index in [4.69, 9.17) is 27.9 Å². The van der Waals surface area contributed by atoms with Gasteiger partial charge in [-0.3, -0.25) is 4.79 Å². The van der Waals surface area contributed by atoms with Crippen molar-refractivity contribution in [1.82, 2.24) is 4.90 Å². The van der Waals surface area contributed by atoms with Gasteiger partial charge in [0, 0.05) is 24.2 Å². The maximum Gasteiger partial charge on any atom is 0.254 e. The van der Waals surface area contributed by atoms with Crippen LogP contribution in [-0.2, 0) is 6.54 Å². The van der Waals surface area contributed by atoms with Gasteiger partial charge in [-0.2, -0.15) is 0 Å². The van der Waals surface area contributed by atoms with E-state index in [1.165, 1.54) is 17.0 Å². The Hall–Kier alpha value is -1.91. The molecule has 0 aliphatic carbocycles. The van der Waals surface area contributed by atoms with Crippen LogP contribution in [0.3, 0.4) is 0 Å². The molecule has 0 fully saturated rings. The van der Waals surface area contributed by atoms with Crippen LogP contribution < -0.4 is 4.74 Å². The average molecular weight is 354 g/mol. The number of benzene rings is 2. The van der Waals surface area contributed by atoms with E-state index in [0.29, 0.717) is 23.7 Å². The number of carbonyl (C=O) groups excluding carboxylic acids is 1. The molecular formula is C17H17Cl2NO3. The van der Waals surface area contributed by atoms with Gasteiger partial charge in [0.25, 0.3) is 5.91 Å². The van der Waals surface area contributed by atoms with Crippen molar-refractivity contribution in [2.24, 2.45) is 0 Å². The molecule has 0 aliphatic heterocycles.